The fourth-order valence-corrected chi connectivity index (χ4v) is 0.340. The number of halogens is 3. The third kappa shape index (κ3) is 43.6. The van der Waals surface area contributed by atoms with Crippen LogP contribution in [0.1, 0.15) is 6.42 Å². The van der Waals surface area contributed by atoms with Crippen molar-refractivity contribution in [3.8, 4) is 0 Å². The molecule has 0 N–H and O–H groups in total. The fourth-order valence-electron chi connectivity index (χ4n) is 0.340. The molecule has 0 amide bonds. The van der Waals surface area contributed by atoms with Gasteiger partial charge in [0.25, 0.3) is 0 Å². The van der Waals surface area contributed by atoms with Gasteiger partial charge < -0.3 is 42.1 Å². The van der Waals surface area contributed by atoms with Crippen molar-refractivity contribution in [3.05, 3.63) is 31.4 Å². The number of nitrogens with zero attached hydrogens (tertiary/aromatic N) is 1. The number of allylic oxidation sites excluding steroid dienone is 4. The normalized spacial score (nSPS) is 9.54. The maximum atomic E-state index is 3.47. The van der Waals surface area contributed by atoms with E-state index in [1.54, 1.807) is 4.90 Å². The summed E-state index contributed by atoms with van der Waals surface area (Å²) < 4.78 is 0. The fraction of sp³-hybridized carbons (Fsp3) is 0.375. The number of hydrogen-bond donors (Lipinski definition) is 0. The number of hydrogen-bond acceptors (Lipinski definition) is 1. The first-order valence-corrected chi connectivity index (χ1v) is 2.93. The number of rotatable bonds is 0. The molecule has 0 spiro atoms. The van der Waals surface area contributed by atoms with Gasteiger partial charge in [0.15, 0.2) is 0 Å². The molecule has 0 saturated heterocycles. The van der Waals surface area contributed by atoms with E-state index in [9.17, 15) is 0 Å². The summed E-state index contributed by atoms with van der Waals surface area (Å²) in [5.41, 5.74) is 0. The van der Waals surface area contributed by atoms with Crippen LogP contribution < -0.4 is 37.2 Å². The summed E-state index contributed by atoms with van der Waals surface area (Å²) in [7, 11) is 7.25. The molecule has 0 heterocycles. The van der Waals surface area contributed by atoms with Gasteiger partial charge in [-0.2, -0.15) is 6.08 Å². The van der Waals surface area contributed by atoms with E-state index < -0.39 is 0 Å². The minimum absolute atomic E-state index is 0. The van der Waals surface area contributed by atoms with E-state index in [2.05, 4.69) is 19.2 Å². The van der Waals surface area contributed by atoms with E-state index in [1.165, 1.54) is 0 Å². The van der Waals surface area contributed by atoms with Crippen LogP contribution in [0, 0.1) is 13.1 Å². The Labute approximate surface area is 115 Å². The van der Waals surface area contributed by atoms with Crippen LogP contribution in [0.25, 0.3) is 0 Å². The van der Waals surface area contributed by atoms with E-state index in [1.807, 2.05) is 26.2 Å². The third-order valence-corrected chi connectivity index (χ3v) is 0.586. The molecule has 0 saturated carbocycles. The van der Waals surface area contributed by atoms with Gasteiger partial charge in [0.05, 0.1) is 0 Å². The summed E-state index contributed by atoms with van der Waals surface area (Å²) in [6.07, 6.45) is 10.0. The maximum Gasteiger partial charge on any atom is 3.00 e. The quantitative estimate of drug-likeness (QED) is 0.314. The molecule has 0 bridgehead atoms. The predicted molar refractivity (Wildman–Crippen MR) is 40.6 cm³/mol. The zero-order chi connectivity index (χ0) is 7.11. The van der Waals surface area contributed by atoms with E-state index >= 15 is 0 Å². The molecule has 1 nitrogen and oxygen atoms in total. The first kappa shape index (κ1) is 29.2. The SMILES string of the molecule is [C-]1=CC=CC1.[CH2-]N(C)C.[Cl-].[Cl-].[Cl-].[Ti+3]. The van der Waals surface area contributed by atoms with Crippen LogP contribution in [-0.2, 0) is 21.7 Å². The molecule has 1 aliphatic rings. The summed E-state index contributed by atoms with van der Waals surface area (Å²) in [5.74, 6) is 0. The summed E-state index contributed by atoms with van der Waals surface area (Å²) >= 11 is 0. The molecule has 0 atom stereocenters. The molecule has 0 aromatic rings. The predicted octanol–water partition coefficient (Wildman–Crippen LogP) is -7.35. The molecule has 1 radical (unpaired) electrons. The van der Waals surface area contributed by atoms with Gasteiger partial charge in [-0.05, 0) is 14.1 Å². The Bertz CT molecular complexity index is 103. The van der Waals surface area contributed by atoms with Gasteiger partial charge in [0, 0.05) is 0 Å². The van der Waals surface area contributed by atoms with Crippen molar-refractivity contribution in [3.63, 3.8) is 0 Å². The second-order valence-electron chi connectivity index (χ2n) is 2.08. The maximum absolute atomic E-state index is 3.47. The van der Waals surface area contributed by atoms with Crippen LogP contribution in [0.4, 0.5) is 0 Å². The molecule has 1 aliphatic carbocycles. The van der Waals surface area contributed by atoms with Crippen molar-refractivity contribution >= 4 is 0 Å². The monoisotopic (exact) mass is 276 g/mol. The van der Waals surface area contributed by atoms with Crippen LogP contribution in [0.3, 0.4) is 0 Å². The minimum Gasteiger partial charge on any atom is -1.00 e. The minimum atomic E-state index is 0. The van der Waals surface area contributed by atoms with Crippen molar-refractivity contribution in [2.45, 2.75) is 6.42 Å². The second-order valence-corrected chi connectivity index (χ2v) is 2.08. The molecular weight excluding hydrogens is 264 g/mol. The van der Waals surface area contributed by atoms with Crippen LogP contribution in [-0.4, -0.2) is 19.0 Å². The Hall–Kier alpha value is 1.02. The van der Waals surface area contributed by atoms with Gasteiger partial charge in [-0.25, -0.2) is 12.2 Å². The van der Waals surface area contributed by atoms with E-state index in [-0.39, 0.29) is 58.9 Å². The third-order valence-electron chi connectivity index (χ3n) is 0.586. The van der Waals surface area contributed by atoms with Crippen LogP contribution in [0.2, 0.25) is 0 Å². The Kier molecular flexibility index (Phi) is 52.0. The first-order chi connectivity index (χ1) is 4.23. The van der Waals surface area contributed by atoms with Crippen LogP contribution in [0.5, 0.6) is 0 Å². The average molecular weight is 277 g/mol. The van der Waals surface area contributed by atoms with Crippen LogP contribution >= 0.6 is 0 Å². The molecule has 0 fully saturated rings. The molecule has 0 unspecified atom stereocenters. The molecule has 0 aromatic heterocycles. The van der Waals surface area contributed by atoms with Gasteiger partial charge in [-0.1, -0.05) is 0 Å². The van der Waals surface area contributed by atoms with E-state index in [4.69, 9.17) is 0 Å². The van der Waals surface area contributed by atoms with Crippen molar-refractivity contribution in [1.29, 1.82) is 0 Å². The molecular formula is C8H13Cl3NTi-2. The van der Waals surface area contributed by atoms with Crippen molar-refractivity contribution in [2.24, 2.45) is 0 Å². The standard InChI is InChI=1S/C5H5.C3H8N.3ClH.Ti/c1-2-4-5-3-1;1-4(2)3;;;;/h1-3H,4H2;1H2,2-3H3;3*1H;/q2*-1;;;;+3/p-3. The van der Waals surface area contributed by atoms with E-state index in [0.717, 1.165) is 6.42 Å². The zero-order valence-electron chi connectivity index (χ0n) is 7.73. The average Bonchev–Trinajstić information content (AvgIpc) is 2.11. The van der Waals surface area contributed by atoms with Crippen LogP contribution in [0.15, 0.2) is 18.2 Å². The largest absolute Gasteiger partial charge is 3.00 e. The zero-order valence-corrected chi connectivity index (χ0v) is 11.6. The van der Waals surface area contributed by atoms with Crippen molar-refractivity contribution < 1.29 is 58.9 Å². The van der Waals surface area contributed by atoms with Gasteiger partial charge in [0.2, 0.25) is 0 Å². The molecule has 1 rings (SSSR count). The molecule has 77 valence electrons. The Morgan fingerprint density at radius 2 is 1.62 bits per heavy atom. The van der Waals surface area contributed by atoms with Gasteiger partial charge in [-0.3, -0.25) is 13.1 Å². The summed E-state index contributed by atoms with van der Waals surface area (Å²) in [6.45, 7) is 0. The summed E-state index contributed by atoms with van der Waals surface area (Å²) in [5, 5.41) is 0. The van der Waals surface area contributed by atoms with Gasteiger partial charge in [0.1, 0.15) is 0 Å². The second kappa shape index (κ2) is 23.1. The smallest absolute Gasteiger partial charge is 1.00 e. The van der Waals surface area contributed by atoms with E-state index in [0.29, 0.717) is 0 Å². The molecule has 13 heavy (non-hydrogen) atoms. The Balaban J connectivity index is -0.0000000256. The van der Waals surface area contributed by atoms with Gasteiger partial charge in [-0.15, -0.1) is 6.42 Å². The van der Waals surface area contributed by atoms with Crippen molar-refractivity contribution in [1.82, 2.24) is 4.90 Å². The topological polar surface area (TPSA) is 3.24 Å². The first-order valence-electron chi connectivity index (χ1n) is 2.93. The summed E-state index contributed by atoms with van der Waals surface area (Å²) in [6, 6.07) is 0. The Morgan fingerprint density at radius 1 is 1.23 bits per heavy atom. The van der Waals surface area contributed by atoms with Crippen molar-refractivity contribution in [2.75, 3.05) is 14.1 Å². The van der Waals surface area contributed by atoms with Gasteiger partial charge >= 0.3 is 21.7 Å². The molecule has 5 heteroatoms. The molecule has 0 aromatic carbocycles. The summed E-state index contributed by atoms with van der Waals surface area (Å²) in [4.78, 5) is 1.75. The molecule has 0 aliphatic heterocycles. The Morgan fingerprint density at radius 3 is 1.69 bits per heavy atom.